The zero-order chi connectivity index (χ0) is 26.0. The van der Waals surface area contributed by atoms with Crippen LogP contribution >= 0.6 is 0 Å². The molecule has 2 amide bonds. The standard InChI is InChI=1S/C24H22F4N4O4/c25-18-11-32(22(34)12-33)6-4-20(18)36-19-2-1-13(7-15(19)10-29)14-3-5-30-21(8-14)31-23(35)16-9-17(16)24(26,27)28/h1-3,5,7-8,16-18,20,33H,4,6,9,11-12H2,(H,30,31,35). The molecule has 12 heteroatoms. The molecule has 2 heterocycles. The van der Waals surface area contributed by atoms with E-state index in [0.29, 0.717) is 11.1 Å². The Balaban J connectivity index is 1.44. The summed E-state index contributed by atoms with van der Waals surface area (Å²) in [6, 6.07) is 9.71. The van der Waals surface area contributed by atoms with Crippen molar-refractivity contribution >= 4 is 17.6 Å². The number of carbonyl (C=O) groups excluding carboxylic acids is 2. The minimum atomic E-state index is -4.41. The molecule has 1 aromatic heterocycles. The van der Waals surface area contributed by atoms with E-state index in [1.165, 1.54) is 29.3 Å². The maximum absolute atomic E-state index is 14.6. The van der Waals surface area contributed by atoms with E-state index in [9.17, 15) is 32.4 Å². The molecule has 190 valence electrons. The SMILES string of the molecule is N#Cc1cc(-c2ccnc(NC(=O)C3CC3C(F)(F)F)c2)ccc1OC1CCN(C(=O)CO)CC1F. The largest absolute Gasteiger partial charge is 0.486 e. The van der Waals surface area contributed by atoms with Crippen molar-refractivity contribution in [1.82, 2.24) is 9.88 Å². The van der Waals surface area contributed by atoms with E-state index in [4.69, 9.17) is 9.84 Å². The predicted octanol–water partition coefficient (Wildman–Crippen LogP) is 3.07. The lowest BCUT2D eigenvalue weighted by molar-refractivity contribution is -0.153. The molecule has 4 atom stereocenters. The van der Waals surface area contributed by atoms with Gasteiger partial charge < -0.3 is 20.1 Å². The summed E-state index contributed by atoms with van der Waals surface area (Å²) in [5.41, 5.74) is 1.23. The maximum Gasteiger partial charge on any atom is 0.392 e. The molecular formula is C24H22F4N4O4. The Bertz CT molecular complexity index is 1200. The molecule has 2 N–H and O–H groups in total. The van der Waals surface area contributed by atoms with Crippen molar-refractivity contribution in [2.24, 2.45) is 11.8 Å². The Hall–Kier alpha value is -3.72. The van der Waals surface area contributed by atoms with Gasteiger partial charge in [0.05, 0.1) is 23.9 Å². The highest BCUT2D eigenvalue weighted by Gasteiger charge is 2.58. The van der Waals surface area contributed by atoms with Gasteiger partial charge in [0.1, 0.15) is 30.3 Å². The second-order valence-corrected chi connectivity index (χ2v) is 8.69. The molecule has 0 bridgehead atoms. The van der Waals surface area contributed by atoms with E-state index in [1.54, 1.807) is 12.1 Å². The topological polar surface area (TPSA) is 116 Å². The van der Waals surface area contributed by atoms with Crippen LogP contribution in [0.3, 0.4) is 0 Å². The number of nitrogens with one attached hydrogen (secondary N) is 1. The Morgan fingerprint density at radius 1 is 1.25 bits per heavy atom. The molecule has 0 radical (unpaired) electrons. The van der Waals surface area contributed by atoms with E-state index in [0.717, 1.165) is 0 Å². The van der Waals surface area contributed by atoms with Gasteiger partial charge in [0.25, 0.3) is 0 Å². The van der Waals surface area contributed by atoms with Crippen LogP contribution in [-0.4, -0.2) is 65.0 Å². The average Bonchev–Trinajstić information content (AvgIpc) is 3.67. The molecule has 36 heavy (non-hydrogen) atoms. The number of aromatic nitrogens is 1. The Morgan fingerprint density at radius 2 is 2.00 bits per heavy atom. The zero-order valence-electron chi connectivity index (χ0n) is 18.8. The highest BCUT2D eigenvalue weighted by molar-refractivity contribution is 5.94. The van der Waals surface area contributed by atoms with Gasteiger partial charge in [-0.2, -0.15) is 18.4 Å². The van der Waals surface area contributed by atoms with Crippen LogP contribution in [0.4, 0.5) is 23.4 Å². The monoisotopic (exact) mass is 506 g/mol. The van der Waals surface area contributed by atoms with E-state index < -0.39 is 48.7 Å². The van der Waals surface area contributed by atoms with Gasteiger partial charge >= 0.3 is 6.18 Å². The number of halogens is 4. The lowest BCUT2D eigenvalue weighted by Gasteiger charge is -2.34. The number of hydrogen-bond donors (Lipinski definition) is 2. The molecule has 1 aliphatic carbocycles. The van der Waals surface area contributed by atoms with E-state index in [1.807, 2.05) is 6.07 Å². The first-order valence-corrected chi connectivity index (χ1v) is 11.2. The number of nitrogens with zero attached hydrogens (tertiary/aromatic N) is 3. The van der Waals surface area contributed by atoms with Crippen molar-refractivity contribution in [3.8, 4) is 22.9 Å². The number of amides is 2. The van der Waals surface area contributed by atoms with Crippen molar-refractivity contribution in [3.05, 3.63) is 42.1 Å². The summed E-state index contributed by atoms with van der Waals surface area (Å²) in [5.74, 6) is -3.86. The summed E-state index contributed by atoms with van der Waals surface area (Å²) in [7, 11) is 0. The number of alkyl halides is 4. The second-order valence-electron chi connectivity index (χ2n) is 8.69. The van der Waals surface area contributed by atoms with Crippen LogP contribution in [0.5, 0.6) is 5.75 Å². The minimum Gasteiger partial charge on any atom is -0.486 e. The van der Waals surface area contributed by atoms with Crippen LogP contribution in [0.25, 0.3) is 11.1 Å². The fourth-order valence-electron chi connectivity index (χ4n) is 4.15. The number of pyridine rings is 1. The van der Waals surface area contributed by atoms with E-state index >= 15 is 0 Å². The van der Waals surface area contributed by atoms with Gasteiger partial charge in [-0.3, -0.25) is 9.59 Å². The summed E-state index contributed by atoms with van der Waals surface area (Å²) in [6.07, 6.45) is -5.48. The van der Waals surface area contributed by atoms with Gasteiger partial charge in [-0.05, 0) is 41.8 Å². The maximum atomic E-state index is 14.6. The number of aliphatic hydroxyl groups excluding tert-OH is 1. The molecule has 1 aromatic carbocycles. The first-order valence-electron chi connectivity index (χ1n) is 11.2. The number of ether oxygens (including phenoxy) is 1. The Kier molecular flexibility index (Phi) is 7.12. The smallest absolute Gasteiger partial charge is 0.392 e. The Labute approximate surface area is 203 Å². The van der Waals surface area contributed by atoms with E-state index in [-0.39, 0.29) is 43.1 Å². The molecule has 8 nitrogen and oxygen atoms in total. The van der Waals surface area contributed by atoms with Crippen LogP contribution in [0.1, 0.15) is 18.4 Å². The van der Waals surface area contributed by atoms with Gasteiger partial charge in [-0.15, -0.1) is 0 Å². The zero-order valence-corrected chi connectivity index (χ0v) is 18.8. The fraction of sp³-hybridized carbons (Fsp3) is 0.417. The van der Waals surface area contributed by atoms with Gasteiger partial charge in [-0.1, -0.05) is 6.07 Å². The molecule has 0 spiro atoms. The Morgan fingerprint density at radius 3 is 2.64 bits per heavy atom. The highest BCUT2D eigenvalue weighted by atomic mass is 19.4. The molecule has 4 unspecified atom stereocenters. The van der Waals surface area contributed by atoms with Crippen LogP contribution in [0, 0.1) is 23.2 Å². The molecule has 1 saturated heterocycles. The van der Waals surface area contributed by atoms with Crippen molar-refractivity contribution in [3.63, 3.8) is 0 Å². The van der Waals surface area contributed by atoms with Crippen LogP contribution in [-0.2, 0) is 9.59 Å². The molecule has 2 aromatic rings. The molecule has 2 fully saturated rings. The molecular weight excluding hydrogens is 484 g/mol. The molecule has 1 saturated carbocycles. The second kappa shape index (κ2) is 10.1. The van der Waals surface area contributed by atoms with Gasteiger partial charge in [0.2, 0.25) is 11.8 Å². The van der Waals surface area contributed by atoms with Crippen molar-refractivity contribution in [1.29, 1.82) is 5.26 Å². The molecule has 4 rings (SSSR count). The minimum absolute atomic E-state index is 0.0774. The highest BCUT2D eigenvalue weighted by Crippen LogP contribution is 2.50. The number of aliphatic hydroxyl groups is 1. The number of rotatable bonds is 6. The van der Waals surface area contributed by atoms with Crippen LogP contribution in [0.15, 0.2) is 36.5 Å². The van der Waals surface area contributed by atoms with Gasteiger partial charge in [-0.25, -0.2) is 9.37 Å². The van der Waals surface area contributed by atoms with Crippen LogP contribution in [0.2, 0.25) is 0 Å². The van der Waals surface area contributed by atoms with E-state index in [2.05, 4.69) is 10.3 Å². The quantitative estimate of drug-likeness (QED) is 0.582. The number of benzene rings is 1. The lowest BCUT2D eigenvalue weighted by atomic mass is 10.0. The van der Waals surface area contributed by atoms with Crippen LogP contribution < -0.4 is 10.1 Å². The van der Waals surface area contributed by atoms with Crippen molar-refractivity contribution in [2.45, 2.75) is 31.3 Å². The summed E-state index contributed by atoms with van der Waals surface area (Å²) in [5, 5.41) is 20.9. The van der Waals surface area contributed by atoms with Gasteiger partial charge in [0, 0.05) is 19.2 Å². The molecule has 2 aliphatic rings. The number of nitriles is 1. The summed E-state index contributed by atoms with van der Waals surface area (Å²) >= 11 is 0. The predicted molar refractivity (Wildman–Crippen MR) is 118 cm³/mol. The van der Waals surface area contributed by atoms with Crippen molar-refractivity contribution < 1.29 is 37.0 Å². The number of carbonyl (C=O) groups is 2. The fourth-order valence-corrected chi connectivity index (χ4v) is 4.15. The summed E-state index contributed by atoms with van der Waals surface area (Å²) in [6.45, 7) is -0.714. The lowest BCUT2D eigenvalue weighted by Crippen LogP contribution is -2.50. The summed E-state index contributed by atoms with van der Waals surface area (Å²) in [4.78, 5) is 28.9. The third kappa shape index (κ3) is 5.57. The number of anilines is 1. The number of likely N-dealkylation sites (tertiary alicyclic amines) is 1. The third-order valence-electron chi connectivity index (χ3n) is 6.24. The number of piperidine rings is 1. The average molecular weight is 506 g/mol. The number of hydrogen-bond acceptors (Lipinski definition) is 6. The summed E-state index contributed by atoms with van der Waals surface area (Å²) < 4.78 is 58.5. The third-order valence-corrected chi connectivity index (χ3v) is 6.24. The molecule has 1 aliphatic heterocycles. The first-order chi connectivity index (χ1) is 17.1. The normalized spacial score (nSPS) is 23.5. The van der Waals surface area contributed by atoms with Crippen molar-refractivity contribution in [2.75, 3.05) is 25.0 Å². The first kappa shape index (κ1) is 25.4. The van der Waals surface area contributed by atoms with Gasteiger partial charge in [0.15, 0.2) is 6.17 Å².